The molecule has 0 atom stereocenters. The van der Waals surface area contributed by atoms with Gasteiger partial charge in [0.2, 0.25) is 0 Å². The fraction of sp³-hybridized carbons (Fsp3) is 0.300. The van der Waals surface area contributed by atoms with Crippen LogP contribution in [-0.2, 0) is 16.2 Å². The number of hydrogen-bond donors (Lipinski definition) is 0. The van der Waals surface area contributed by atoms with Crippen molar-refractivity contribution in [3.63, 3.8) is 0 Å². The Kier molecular flexibility index (Phi) is 8.22. The molecule has 1 saturated carbocycles. The third-order valence-corrected chi connectivity index (χ3v) is 15.4. The van der Waals surface area contributed by atoms with E-state index in [2.05, 4.69) is 187 Å². The van der Waals surface area contributed by atoms with Crippen molar-refractivity contribution in [2.75, 3.05) is 9.80 Å². The first-order chi connectivity index (χ1) is 31.6. The predicted molar refractivity (Wildman–Crippen MR) is 277 cm³/mol. The summed E-state index contributed by atoms with van der Waals surface area (Å²) in [6.07, 6.45) is 6.37. The van der Waals surface area contributed by atoms with E-state index in [1.165, 1.54) is 93.5 Å². The molecule has 0 N–H and O–H groups in total. The summed E-state index contributed by atoms with van der Waals surface area (Å²) in [5.74, 6) is 2.28. The Morgan fingerprint density at radius 2 is 1.08 bits per heavy atom. The lowest BCUT2D eigenvalue weighted by Gasteiger charge is -2.48. The van der Waals surface area contributed by atoms with Crippen LogP contribution in [-0.4, -0.2) is 6.71 Å². The summed E-state index contributed by atoms with van der Waals surface area (Å²) in [6.45, 7) is 20.9. The topological polar surface area (TPSA) is 42.0 Å². The van der Waals surface area contributed by atoms with Crippen molar-refractivity contribution in [3.8, 4) is 11.5 Å². The van der Waals surface area contributed by atoms with Gasteiger partial charge in [-0.05, 0) is 116 Å². The van der Waals surface area contributed by atoms with Crippen molar-refractivity contribution in [3.05, 3.63) is 138 Å². The molecule has 1 aliphatic carbocycles. The molecule has 7 aromatic carbocycles. The van der Waals surface area contributed by atoms with Gasteiger partial charge in [0.15, 0.2) is 0 Å². The van der Waals surface area contributed by atoms with Gasteiger partial charge in [-0.2, -0.15) is 0 Å². The Hall–Kier alpha value is -6.40. The summed E-state index contributed by atoms with van der Waals surface area (Å²) in [6, 6.07) is 43.1. The number of furan rings is 2. The Balaban J connectivity index is 1.23. The molecule has 0 spiro atoms. The smallest absolute Gasteiger partial charge is 0.261 e. The van der Waals surface area contributed by atoms with Crippen molar-refractivity contribution in [1.82, 2.24) is 0 Å². The molecule has 0 amide bonds. The molecule has 9 aromatic rings. The second kappa shape index (κ2) is 13.6. The lowest BCUT2D eigenvalue weighted by Crippen LogP contribution is -2.63. The number of rotatable bonds is 3. The minimum Gasteiger partial charge on any atom is -0.457 e. The number of nitrogens with zero attached hydrogens (tertiary/aromatic N) is 2. The molecule has 3 aliphatic heterocycles. The zero-order valence-electron chi connectivity index (χ0n) is 39.8. The normalized spacial score (nSPS) is 15.9. The van der Waals surface area contributed by atoms with E-state index in [4.69, 9.17) is 13.6 Å². The molecular weight excluding hydrogens is 807 g/mol. The number of para-hydroxylation sites is 3. The SMILES string of the molecule is CC(C)(C)c1cc2c3c(c1)N(c1ccccc1C(C)(C)C)c1c4c(cc5oc6ccccc6c15)Oc1c(c(cc5oc6ccc(C7CCCCC7)cc6c15)N2c1ccccc1C(C)(C)C)B34. The van der Waals surface area contributed by atoms with Crippen molar-refractivity contribution in [1.29, 1.82) is 0 Å². The van der Waals surface area contributed by atoms with E-state index in [9.17, 15) is 0 Å². The van der Waals surface area contributed by atoms with Gasteiger partial charge in [-0.3, -0.25) is 0 Å². The molecule has 2 aromatic heterocycles. The van der Waals surface area contributed by atoms with E-state index in [0.717, 1.165) is 66.8 Å². The van der Waals surface area contributed by atoms with Gasteiger partial charge < -0.3 is 23.4 Å². The monoisotopic (exact) mass is 864 g/mol. The highest BCUT2D eigenvalue weighted by Gasteiger charge is 2.52. The third kappa shape index (κ3) is 5.60. The standard InChI is InChI=1S/C60H57BN2O3/c1-58(2,3)36-30-43-53-44(31-36)63(42-25-17-15-23-40(42)60(7,8)9)56-51-37-21-13-18-26-46(37)64-49(51)33-50-55(56)61(53)54-45(62(43)41-24-16-14-22-39(41)59(4,5)6)32-48-52(57(54)66-50)38-29-35(27-28-47(38)65-48)34-19-11-10-12-20-34/h13-18,21-34H,10-12,19-20H2,1-9H3. The molecule has 328 valence electrons. The fourth-order valence-corrected chi connectivity index (χ4v) is 12.3. The Morgan fingerprint density at radius 3 is 1.76 bits per heavy atom. The van der Waals surface area contributed by atoms with Gasteiger partial charge in [0.05, 0.1) is 16.5 Å². The van der Waals surface area contributed by atoms with Gasteiger partial charge in [0, 0.05) is 51.3 Å². The fourth-order valence-electron chi connectivity index (χ4n) is 12.3. The highest BCUT2D eigenvalue weighted by Crippen LogP contribution is 2.56. The van der Waals surface area contributed by atoms with Crippen molar-refractivity contribution in [2.45, 2.75) is 117 Å². The van der Waals surface area contributed by atoms with E-state index < -0.39 is 0 Å². The Bertz CT molecular complexity index is 3530. The molecule has 6 heteroatoms. The summed E-state index contributed by atoms with van der Waals surface area (Å²) in [4.78, 5) is 5.17. The molecule has 66 heavy (non-hydrogen) atoms. The number of anilines is 6. The highest BCUT2D eigenvalue weighted by atomic mass is 16.5. The highest BCUT2D eigenvalue weighted by molar-refractivity contribution is 7.02. The first-order valence-electron chi connectivity index (χ1n) is 24.3. The van der Waals surface area contributed by atoms with Gasteiger partial charge in [-0.25, -0.2) is 0 Å². The molecule has 0 saturated heterocycles. The number of hydrogen-bond acceptors (Lipinski definition) is 5. The van der Waals surface area contributed by atoms with E-state index in [1.807, 2.05) is 0 Å². The van der Waals surface area contributed by atoms with Gasteiger partial charge in [-0.15, -0.1) is 0 Å². The lowest BCUT2D eigenvalue weighted by atomic mass is 9.32. The molecular formula is C60H57BN2O3. The van der Waals surface area contributed by atoms with Crippen LogP contribution in [0.1, 0.15) is 123 Å². The van der Waals surface area contributed by atoms with Crippen LogP contribution in [0.5, 0.6) is 11.5 Å². The van der Waals surface area contributed by atoms with Crippen molar-refractivity contribution < 1.29 is 13.6 Å². The van der Waals surface area contributed by atoms with Crippen LogP contribution in [0.25, 0.3) is 43.9 Å². The quantitative estimate of drug-likeness (QED) is 0.166. The zero-order valence-corrected chi connectivity index (χ0v) is 39.8. The first-order valence-corrected chi connectivity index (χ1v) is 24.3. The second-order valence-corrected chi connectivity index (χ2v) is 22.7. The van der Waals surface area contributed by atoms with Gasteiger partial charge in [0.1, 0.15) is 33.8 Å². The third-order valence-electron chi connectivity index (χ3n) is 15.4. The summed E-state index contributed by atoms with van der Waals surface area (Å²) in [5, 5.41) is 4.40. The van der Waals surface area contributed by atoms with Crippen LogP contribution in [0, 0.1) is 0 Å². The molecule has 0 bridgehead atoms. The Labute approximate surface area is 388 Å². The van der Waals surface area contributed by atoms with E-state index in [1.54, 1.807) is 0 Å². The van der Waals surface area contributed by atoms with Crippen LogP contribution in [0.3, 0.4) is 0 Å². The molecule has 13 rings (SSSR count). The second-order valence-electron chi connectivity index (χ2n) is 22.7. The summed E-state index contributed by atoms with van der Waals surface area (Å²) >= 11 is 0. The molecule has 5 heterocycles. The number of ether oxygens (including phenoxy) is 1. The van der Waals surface area contributed by atoms with Crippen LogP contribution in [0.4, 0.5) is 34.1 Å². The van der Waals surface area contributed by atoms with E-state index in [0.29, 0.717) is 5.92 Å². The van der Waals surface area contributed by atoms with E-state index in [-0.39, 0.29) is 23.0 Å². The maximum absolute atomic E-state index is 7.69. The average Bonchev–Trinajstić information content (AvgIpc) is 3.86. The van der Waals surface area contributed by atoms with Gasteiger partial charge >= 0.3 is 0 Å². The van der Waals surface area contributed by atoms with Gasteiger partial charge in [-0.1, -0.05) is 142 Å². The molecule has 5 nitrogen and oxygen atoms in total. The minimum atomic E-state index is -0.171. The van der Waals surface area contributed by atoms with Crippen LogP contribution in [0.2, 0.25) is 0 Å². The van der Waals surface area contributed by atoms with Crippen LogP contribution < -0.4 is 30.9 Å². The first kappa shape index (κ1) is 39.9. The van der Waals surface area contributed by atoms with E-state index >= 15 is 0 Å². The van der Waals surface area contributed by atoms with Crippen LogP contribution >= 0.6 is 0 Å². The van der Waals surface area contributed by atoms with Crippen molar-refractivity contribution >= 4 is 101 Å². The molecule has 1 fully saturated rings. The molecule has 4 aliphatic rings. The number of fused-ring (bicyclic) bond motifs is 8. The zero-order chi connectivity index (χ0) is 45.2. The summed E-state index contributed by atoms with van der Waals surface area (Å²) in [7, 11) is 0. The predicted octanol–water partition coefficient (Wildman–Crippen LogP) is 15.6. The Morgan fingerprint density at radius 1 is 0.485 bits per heavy atom. The molecule has 0 radical (unpaired) electrons. The van der Waals surface area contributed by atoms with Gasteiger partial charge in [0.25, 0.3) is 6.71 Å². The van der Waals surface area contributed by atoms with Crippen molar-refractivity contribution in [2.24, 2.45) is 0 Å². The van der Waals surface area contributed by atoms with Crippen LogP contribution in [0.15, 0.2) is 124 Å². The number of benzene rings is 7. The average molecular weight is 865 g/mol. The largest absolute Gasteiger partial charge is 0.457 e. The maximum Gasteiger partial charge on any atom is 0.261 e. The maximum atomic E-state index is 7.69. The summed E-state index contributed by atoms with van der Waals surface area (Å²) < 4.78 is 21.6. The lowest BCUT2D eigenvalue weighted by molar-refractivity contribution is 0.444. The molecule has 0 unspecified atom stereocenters. The summed E-state index contributed by atoms with van der Waals surface area (Å²) in [5.41, 5.74) is 18.9. The minimum absolute atomic E-state index is 0.141.